The molecule has 2 aliphatic heterocycles. The standard InChI is InChI=1S/C18H29N5O/c1-21-16(13-22-9-3-2-4-10-22)19-20-17(21)14-7-11-23(12-8-14)18(24)15-5-6-15/h14-15H,2-13H2,1H3. The van der Waals surface area contributed by atoms with Crippen molar-refractivity contribution in [3.05, 3.63) is 11.6 Å². The second-order valence-corrected chi connectivity index (χ2v) is 7.74. The Hall–Kier alpha value is -1.43. The first-order valence-electron chi connectivity index (χ1n) is 9.61. The van der Waals surface area contributed by atoms with Gasteiger partial charge in [0.1, 0.15) is 11.6 Å². The predicted octanol–water partition coefficient (Wildman–Crippen LogP) is 1.92. The highest BCUT2D eigenvalue weighted by Crippen LogP contribution is 2.34. The minimum atomic E-state index is 0.340. The van der Waals surface area contributed by atoms with Gasteiger partial charge in [0, 0.05) is 32.0 Å². The second kappa shape index (κ2) is 6.82. The molecule has 4 rings (SSSR count). The van der Waals surface area contributed by atoms with Crippen LogP contribution in [-0.4, -0.2) is 56.7 Å². The van der Waals surface area contributed by atoms with Gasteiger partial charge in [-0.05, 0) is 51.6 Å². The number of hydrogen-bond acceptors (Lipinski definition) is 4. The third-order valence-corrected chi connectivity index (χ3v) is 5.91. The highest BCUT2D eigenvalue weighted by atomic mass is 16.2. The molecule has 2 saturated heterocycles. The summed E-state index contributed by atoms with van der Waals surface area (Å²) >= 11 is 0. The van der Waals surface area contributed by atoms with Gasteiger partial charge in [-0.3, -0.25) is 9.69 Å². The molecule has 24 heavy (non-hydrogen) atoms. The molecule has 1 aromatic heterocycles. The van der Waals surface area contributed by atoms with Crippen molar-refractivity contribution in [2.75, 3.05) is 26.2 Å². The molecule has 6 heteroatoms. The van der Waals surface area contributed by atoms with Crippen LogP contribution in [0.3, 0.4) is 0 Å². The van der Waals surface area contributed by atoms with Crippen LogP contribution in [0.2, 0.25) is 0 Å². The maximum absolute atomic E-state index is 12.2. The van der Waals surface area contributed by atoms with Crippen LogP contribution in [0.4, 0.5) is 0 Å². The van der Waals surface area contributed by atoms with Gasteiger partial charge < -0.3 is 9.47 Å². The lowest BCUT2D eigenvalue weighted by Gasteiger charge is -2.31. The summed E-state index contributed by atoms with van der Waals surface area (Å²) in [6.45, 7) is 5.05. The number of piperidine rings is 2. The lowest BCUT2D eigenvalue weighted by molar-refractivity contribution is -0.133. The van der Waals surface area contributed by atoms with E-state index in [9.17, 15) is 4.79 Å². The highest BCUT2D eigenvalue weighted by Gasteiger charge is 2.35. The number of rotatable bonds is 4. The summed E-state index contributed by atoms with van der Waals surface area (Å²) in [6.07, 6.45) is 8.21. The number of aromatic nitrogens is 3. The molecule has 0 atom stereocenters. The van der Waals surface area contributed by atoms with Crippen molar-refractivity contribution in [1.29, 1.82) is 0 Å². The van der Waals surface area contributed by atoms with Crippen LogP contribution in [0.1, 0.15) is 62.5 Å². The Labute approximate surface area is 144 Å². The van der Waals surface area contributed by atoms with Crippen LogP contribution in [-0.2, 0) is 18.4 Å². The van der Waals surface area contributed by atoms with Crippen LogP contribution < -0.4 is 0 Å². The fraction of sp³-hybridized carbons (Fsp3) is 0.833. The fourth-order valence-corrected chi connectivity index (χ4v) is 4.13. The average Bonchev–Trinajstić information content (AvgIpc) is 3.41. The SMILES string of the molecule is Cn1c(CN2CCCCC2)nnc1C1CCN(C(=O)C2CC2)CC1. The maximum atomic E-state index is 12.2. The average molecular weight is 331 g/mol. The summed E-state index contributed by atoms with van der Waals surface area (Å²) in [5.41, 5.74) is 0. The van der Waals surface area contributed by atoms with E-state index in [1.807, 2.05) is 0 Å². The maximum Gasteiger partial charge on any atom is 0.225 e. The second-order valence-electron chi connectivity index (χ2n) is 7.74. The van der Waals surface area contributed by atoms with E-state index in [1.54, 1.807) is 0 Å². The zero-order valence-electron chi connectivity index (χ0n) is 14.8. The molecule has 3 heterocycles. The number of nitrogens with zero attached hydrogens (tertiary/aromatic N) is 5. The van der Waals surface area contributed by atoms with Crippen LogP contribution >= 0.6 is 0 Å². The molecule has 0 radical (unpaired) electrons. The Balaban J connectivity index is 1.35. The van der Waals surface area contributed by atoms with Crippen molar-refractivity contribution in [2.24, 2.45) is 13.0 Å². The smallest absolute Gasteiger partial charge is 0.225 e. The number of carbonyl (C=O) groups is 1. The molecular weight excluding hydrogens is 302 g/mol. The van der Waals surface area contributed by atoms with Crippen molar-refractivity contribution >= 4 is 5.91 Å². The molecule has 0 spiro atoms. The van der Waals surface area contributed by atoms with Gasteiger partial charge in [-0.25, -0.2) is 0 Å². The van der Waals surface area contributed by atoms with Gasteiger partial charge in [0.2, 0.25) is 5.91 Å². The first-order chi connectivity index (χ1) is 11.7. The van der Waals surface area contributed by atoms with E-state index >= 15 is 0 Å². The summed E-state index contributed by atoms with van der Waals surface area (Å²) in [6, 6.07) is 0. The zero-order valence-corrected chi connectivity index (χ0v) is 14.8. The summed E-state index contributed by atoms with van der Waals surface area (Å²) in [5, 5.41) is 8.97. The quantitative estimate of drug-likeness (QED) is 0.846. The lowest BCUT2D eigenvalue weighted by Crippen LogP contribution is -2.39. The molecule has 3 fully saturated rings. The van der Waals surface area contributed by atoms with Gasteiger partial charge in [-0.15, -0.1) is 10.2 Å². The molecule has 1 saturated carbocycles. The Morgan fingerprint density at radius 2 is 1.71 bits per heavy atom. The molecule has 1 amide bonds. The zero-order chi connectivity index (χ0) is 16.5. The predicted molar refractivity (Wildman–Crippen MR) is 91.4 cm³/mol. The molecule has 6 nitrogen and oxygen atoms in total. The Bertz CT molecular complexity index is 580. The third kappa shape index (κ3) is 3.34. The molecular formula is C18H29N5O. The van der Waals surface area contributed by atoms with Gasteiger partial charge in [-0.2, -0.15) is 0 Å². The molecule has 3 aliphatic rings. The normalized spacial score (nSPS) is 23.6. The minimum absolute atomic E-state index is 0.340. The lowest BCUT2D eigenvalue weighted by atomic mass is 9.95. The fourth-order valence-electron chi connectivity index (χ4n) is 4.13. The van der Waals surface area contributed by atoms with Crippen molar-refractivity contribution in [1.82, 2.24) is 24.6 Å². The monoisotopic (exact) mass is 331 g/mol. The molecule has 0 unspecified atom stereocenters. The van der Waals surface area contributed by atoms with Crippen molar-refractivity contribution < 1.29 is 4.79 Å². The van der Waals surface area contributed by atoms with E-state index in [0.29, 0.717) is 17.7 Å². The van der Waals surface area contributed by atoms with Crippen LogP contribution in [0.25, 0.3) is 0 Å². The number of carbonyl (C=O) groups excluding carboxylic acids is 1. The van der Waals surface area contributed by atoms with Crippen LogP contribution in [0.5, 0.6) is 0 Å². The third-order valence-electron chi connectivity index (χ3n) is 5.91. The van der Waals surface area contributed by atoms with Gasteiger partial charge in [0.15, 0.2) is 0 Å². The topological polar surface area (TPSA) is 54.3 Å². The first kappa shape index (κ1) is 16.1. The van der Waals surface area contributed by atoms with Gasteiger partial charge >= 0.3 is 0 Å². The summed E-state index contributed by atoms with van der Waals surface area (Å²) < 4.78 is 2.21. The van der Waals surface area contributed by atoms with Crippen molar-refractivity contribution in [3.63, 3.8) is 0 Å². The van der Waals surface area contributed by atoms with E-state index in [-0.39, 0.29) is 0 Å². The van der Waals surface area contributed by atoms with E-state index < -0.39 is 0 Å². The minimum Gasteiger partial charge on any atom is -0.342 e. The molecule has 0 N–H and O–H groups in total. The van der Waals surface area contributed by atoms with Crippen molar-refractivity contribution in [3.8, 4) is 0 Å². The van der Waals surface area contributed by atoms with Gasteiger partial charge in [0.25, 0.3) is 0 Å². The number of amides is 1. The number of likely N-dealkylation sites (tertiary alicyclic amines) is 2. The molecule has 0 bridgehead atoms. The summed E-state index contributed by atoms with van der Waals surface area (Å²) in [4.78, 5) is 16.7. The van der Waals surface area contributed by atoms with E-state index in [0.717, 1.165) is 57.0 Å². The van der Waals surface area contributed by atoms with Gasteiger partial charge in [0.05, 0.1) is 6.54 Å². The Morgan fingerprint density at radius 1 is 1.00 bits per heavy atom. The molecule has 0 aromatic carbocycles. The van der Waals surface area contributed by atoms with Crippen LogP contribution in [0.15, 0.2) is 0 Å². The largest absolute Gasteiger partial charge is 0.342 e. The van der Waals surface area contributed by atoms with E-state index in [2.05, 4.69) is 31.6 Å². The Morgan fingerprint density at radius 3 is 2.38 bits per heavy atom. The number of hydrogen-bond donors (Lipinski definition) is 0. The summed E-state index contributed by atoms with van der Waals surface area (Å²) in [5.74, 6) is 3.37. The van der Waals surface area contributed by atoms with Gasteiger partial charge in [-0.1, -0.05) is 6.42 Å². The summed E-state index contributed by atoms with van der Waals surface area (Å²) in [7, 11) is 2.11. The van der Waals surface area contributed by atoms with E-state index in [1.165, 1.54) is 32.4 Å². The first-order valence-corrected chi connectivity index (χ1v) is 9.61. The highest BCUT2D eigenvalue weighted by molar-refractivity contribution is 5.81. The molecule has 1 aromatic rings. The molecule has 132 valence electrons. The molecule has 1 aliphatic carbocycles. The van der Waals surface area contributed by atoms with Crippen LogP contribution in [0, 0.1) is 5.92 Å². The van der Waals surface area contributed by atoms with Crippen molar-refractivity contribution in [2.45, 2.75) is 57.4 Å². The van der Waals surface area contributed by atoms with E-state index in [4.69, 9.17) is 0 Å². The Kier molecular flexibility index (Phi) is 4.57.